The predicted octanol–water partition coefficient (Wildman–Crippen LogP) is 6.38. The number of ketones is 1. The van der Waals surface area contributed by atoms with E-state index in [1.807, 2.05) is 76.7 Å². The average molecular weight is 421 g/mol. The molecule has 0 amide bonds. The Morgan fingerprint density at radius 1 is 0.438 bits per heavy atom. The van der Waals surface area contributed by atoms with E-state index in [-0.39, 0.29) is 5.78 Å². The molecule has 4 aromatic rings. The van der Waals surface area contributed by atoms with Crippen LogP contribution in [-0.2, 0) is 0 Å². The van der Waals surface area contributed by atoms with Gasteiger partial charge in [0.2, 0.25) is 0 Å². The summed E-state index contributed by atoms with van der Waals surface area (Å²) >= 11 is 0. The largest absolute Gasteiger partial charge is 0.378 e. The van der Waals surface area contributed by atoms with Crippen LogP contribution in [0, 0.1) is 0 Å². The third-order valence-corrected chi connectivity index (χ3v) is 5.73. The molecule has 0 heterocycles. The summed E-state index contributed by atoms with van der Waals surface area (Å²) in [5, 5.41) is 0. The fraction of sp³-hybridized carbons (Fsp3) is 0.138. The van der Waals surface area contributed by atoms with Gasteiger partial charge in [-0.05, 0) is 46.5 Å². The van der Waals surface area contributed by atoms with Gasteiger partial charge in [0, 0.05) is 50.7 Å². The van der Waals surface area contributed by atoms with Gasteiger partial charge in [-0.3, -0.25) is 4.79 Å². The molecule has 0 saturated heterocycles. The Bertz CT molecular complexity index is 1090. The van der Waals surface area contributed by atoms with E-state index < -0.39 is 0 Å². The number of hydrogen-bond donors (Lipinski definition) is 0. The van der Waals surface area contributed by atoms with Crippen molar-refractivity contribution < 1.29 is 4.79 Å². The van der Waals surface area contributed by atoms with E-state index in [2.05, 4.69) is 58.3 Å². The molecule has 0 aliphatic heterocycles. The molecular formula is C29H28N2O. The Kier molecular flexibility index (Phi) is 6.09. The van der Waals surface area contributed by atoms with Crippen molar-refractivity contribution in [1.82, 2.24) is 0 Å². The number of anilines is 2. The number of benzene rings is 4. The van der Waals surface area contributed by atoms with Crippen molar-refractivity contribution in [2.24, 2.45) is 0 Å². The predicted molar refractivity (Wildman–Crippen MR) is 136 cm³/mol. The minimum atomic E-state index is 0.0361. The van der Waals surface area contributed by atoms with Gasteiger partial charge in [-0.15, -0.1) is 0 Å². The van der Waals surface area contributed by atoms with Gasteiger partial charge in [-0.1, -0.05) is 72.8 Å². The van der Waals surface area contributed by atoms with Gasteiger partial charge in [0.05, 0.1) is 0 Å². The third-order valence-electron chi connectivity index (χ3n) is 5.73. The molecule has 0 bridgehead atoms. The number of carbonyl (C=O) groups is 1. The van der Waals surface area contributed by atoms with Crippen LogP contribution in [0.15, 0.2) is 97.1 Å². The normalized spacial score (nSPS) is 10.6. The van der Waals surface area contributed by atoms with Crippen LogP contribution in [0.1, 0.15) is 15.9 Å². The minimum Gasteiger partial charge on any atom is -0.378 e. The molecular weight excluding hydrogens is 392 g/mol. The lowest BCUT2D eigenvalue weighted by atomic mass is 9.97. The number of nitrogens with zero attached hydrogens (tertiary/aromatic N) is 2. The van der Waals surface area contributed by atoms with Crippen LogP contribution in [-0.4, -0.2) is 34.0 Å². The van der Waals surface area contributed by atoms with E-state index in [9.17, 15) is 4.79 Å². The maximum absolute atomic E-state index is 13.0. The quantitative estimate of drug-likeness (QED) is 0.338. The van der Waals surface area contributed by atoms with Crippen molar-refractivity contribution in [3.05, 3.63) is 108 Å². The smallest absolute Gasteiger partial charge is 0.193 e. The molecule has 0 fully saturated rings. The van der Waals surface area contributed by atoms with Crippen molar-refractivity contribution in [2.75, 3.05) is 38.0 Å². The summed E-state index contributed by atoms with van der Waals surface area (Å²) in [6.07, 6.45) is 0. The molecule has 0 aliphatic rings. The second-order valence-electron chi connectivity index (χ2n) is 8.37. The van der Waals surface area contributed by atoms with Crippen molar-refractivity contribution >= 4 is 17.2 Å². The Hall–Kier alpha value is -3.85. The summed E-state index contributed by atoms with van der Waals surface area (Å²) in [6, 6.07) is 32.5. The Labute approximate surface area is 190 Å². The molecule has 0 radical (unpaired) electrons. The zero-order valence-electron chi connectivity index (χ0n) is 19.0. The van der Waals surface area contributed by atoms with Crippen molar-refractivity contribution in [3.63, 3.8) is 0 Å². The molecule has 4 rings (SSSR count). The molecule has 4 aromatic carbocycles. The highest BCUT2D eigenvalue weighted by molar-refractivity contribution is 6.09. The zero-order chi connectivity index (χ0) is 22.7. The van der Waals surface area contributed by atoms with E-state index in [1.54, 1.807) is 0 Å². The molecule has 0 atom stereocenters. The Morgan fingerprint density at radius 2 is 0.688 bits per heavy atom. The first-order valence-electron chi connectivity index (χ1n) is 10.7. The van der Waals surface area contributed by atoms with Gasteiger partial charge in [0.25, 0.3) is 0 Å². The Morgan fingerprint density at radius 3 is 0.938 bits per heavy atom. The Balaban J connectivity index is 1.49. The summed E-state index contributed by atoms with van der Waals surface area (Å²) in [4.78, 5) is 17.1. The molecule has 0 unspecified atom stereocenters. The van der Waals surface area contributed by atoms with Crippen LogP contribution in [0.3, 0.4) is 0 Å². The first kappa shape index (κ1) is 21.4. The monoisotopic (exact) mass is 420 g/mol. The van der Waals surface area contributed by atoms with Gasteiger partial charge in [-0.25, -0.2) is 0 Å². The average Bonchev–Trinajstić information content (AvgIpc) is 2.84. The fourth-order valence-electron chi connectivity index (χ4n) is 3.70. The SMILES string of the molecule is CN(C)c1ccc(-c2ccc(C(=O)c3ccc(-c4ccc(N(C)C)cc4)cc3)cc2)cc1. The van der Waals surface area contributed by atoms with Crippen molar-refractivity contribution in [1.29, 1.82) is 0 Å². The van der Waals surface area contributed by atoms with Crippen molar-refractivity contribution in [3.8, 4) is 22.3 Å². The van der Waals surface area contributed by atoms with E-state index >= 15 is 0 Å². The lowest BCUT2D eigenvalue weighted by Crippen LogP contribution is -2.07. The number of rotatable bonds is 6. The third kappa shape index (κ3) is 4.57. The lowest BCUT2D eigenvalue weighted by Gasteiger charge is -2.13. The van der Waals surface area contributed by atoms with E-state index in [1.165, 1.54) is 0 Å². The number of hydrogen-bond acceptors (Lipinski definition) is 3. The summed E-state index contributed by atoms with van der Waals surface area (Å²) in [5.74, 6) is 0.0361. The van der Waals surface area contributed by atoms with Gasteiger partial charge in [0.15, 0.2) is 5.78 Å². The summed E-state index contributed by atoms with van der Waals surface area (Å²) in [7, 11) is 8.12. The fourth-order valence-corrected chi connectivity index (χ4v) is 3.70. The molecule has 0 aromatic heterocycles. The molecule has 0 aliphatic carbocycles. The topological polar surface area (TPSA) is 23.6 Å². The minimum absolute atomic E-state index is 0.0361. The first-order valence-corrected chi connectivity index (χ1v) is 10.7. The van der Waals surface area contributed by atoms with E-state index in [0.717, 1.165) is 33.6 Å². The van der Waals surface area contributed by atoms with Gasteiger partial charge in [0.1, 0.15) is 0 Å². The highest BCUT2D eigenvalue weighted by atomic mass is 16.1. The van der Waals surface area contributed by atoms with Crippen LogP contribution < -0.4 is 9.80 Å². The van der Waals surface area contributed by atoms with Crippen LogP contribution in [0.4, 0.5) is 11.4 Å². The van der Waals surface area contributed by atoms with Gasteiger partial charge in [-0.2, -0.15) is 0 Å². The highest BCUT2D eigenvalue weighted by Gasteiger charge is 2.10. The van der Waals surface area contributed by atoms with Gasteiger partial charge < -0.3 is 9.80 Å². The standard InChI is InChI=1S/C29H28N2O/c1-30(2)27-17-13-23(14-18-27)21-5-9-25(10-6-21)29(32)26-11-7-22(8-12-26)24-15-19-28(20-16-24)31(3)4/h5-20H,1-4H3. The zero-order valence-corrected chi connectivity index (χ0v) is 19.0. The van der Waals surface area contributed by atoms with E-state index in [0.29, 0.717) is 11.1 Å². The summed E-state index contributed by atoms with van der Waals surface area (Å²) in [6.45, 7) is 0. The maximum atomic E-state index is 13.0. The lowest BCUT2D eigenvalue weighted by molar-refractivity contribution is 0.103. The molecule has 0 saturated carbocycles. The molecule has 0 spiro atoms. The van der Waals surface area contributed by atoms with Crippen LogP contribution >= 0.6 is 0 Å². The molecule has 3 nitrogen and oxygen atoms in total. The molecule has 0 N–H and O–H groups in total. The molecule has 3 heteroatoms. The second kappa shape index (κ2) is 9.11. The summed E-state index contributed by atoms with van der Waals surface area (Å²) in [5.41, 5.74) is 8.20. The molecule has 32 heavy (non-hydrogen) atoms. The first-order chi connectivity index (χ1) is 15.4. The van der Waals surface area contributed by atoms with Crippen LogP contribution in [0.2, 0.25) is 0 Å². The van der Waals surface area contributed by atoms with Gasteiger partial charge >= 0.3 is 0 Å². The van der Waals surface area contributed by atoms with Crippen LogP contribution in [0.25, 0.3) is 22.3 Å². The second-order valence-corrected chi connectivity index (χ2v) is 8.37. The van der Waals surface area contributed by atoms with Crippen molar-refractivity contribution in [2.45, 2.75) is 0 Å². The maximum Gasteiger partial charge on any atom is 0.193 e. The van der Waals surface area contributed by atoms with Crippen LogP contribution in [0.5, 0.6) is 0 Å². The molecule has 160 valence electrons. The summed E-state index contributed by atoms with van der Waals surface area (Å²) < 4.78 is 0. The highest BCUT2D eigenvalue weighted by Crippen LogP contribution is 2.25. The number of carbonyl (C=O) groups excluding carboxylic acids is 1. The van der Waals surface area contributed by atoms with E-state index in [4.69, 9.17) is 0 Å².